The van der Waals surface area contributed by atoms with E-state index < -0.39 is 16.1 Å². The maximum absolute atomic E-state index is 12.4. The van der Waals surface area contributed by atoms with Gasteiger partial charge in [0.2, 0.25) is 10.0 Å². The van der Waals surface area contributed by atoms with Crippen molar-refractivity contribution in [1.82, 2.24) is 10.0 Å². The van der Waals surface area contributed by atoms with Crippen molar-refractivity contribution in [3.8, 4) is 0 Å². The zero-order valence-corrected chi connectivity index (χ0v) is 11.9. The number of nitrogens with one attached hydrogen (secondary N) is 2. The molecule has 106 valence electrons. The summed E-state index contributed by atoms with van der Waals surface area (Å²) in [6.45, 7) is 3.27. The van der Waals surface area contributed by atoms with Gasteiger partial charge >= 0.3 is 0 Å². The van der Waals surface area contributed by atoms with Crippen molar-refractivity contribution >= 4 is 10.0 Å². The van der Waals surface area contributed by atoms with Gasteiger partial charge in [-0.1, -0.05) is 6.07 Å². The molecule has 0 radical (unpaired) electrons. The predicted molar refractivity (Wildman–Crippen MR) is 74.4 cm³/mol. The van der Waals surface area contributed by atoms with Crippen LogP contribution in [0, 0.1) is 0 Å². The van der Waals surface area contributed by atoms with E-state index in [0.717, 1.165) is 17.7 Å². The molecule has 2 aromatic rings. The third-order valence-corrected chi connectivity index (χ3v) is 4.96. The number of sulfonamides is 1. The number of rotatable bonds is 4. The van der Waals surface area contributed by atoms with Gasteiger partial charge in [-0.25, -0.2) is 13.1 Å². The average Bonchev–Trinajstić information content (AvgIpc) is 3.08. The molecule has 2 heterocycles. The second-order valence-corrected chi connectivity index (χ2v) is 6.61. The molecule has 0 spiro atoms. The molecular weight excluding hydrogens is 276 g/mol. The molecule has 0 aliphatic carbocycles. The molecule has 1 atom stereocenters. The fraction of sp³-hybridized carbons (Fsp3) is 0.286. The zero-order chi connectivity index (χ0) is 14.2. The number of benzene rings is 1. The minimum absolute atomic E-state index is 0.290. The first-order chi connectivity index (χ1) is 9.56. The van der Waals surface area contributed by atoms with Gasteiger partial charge in [0.15, 0.2) is 0 Å². The van der Waals surface area contributed by atoms with Gasteiger partial charge in [-0.2, -0.15) is 0 Å². The van der Waals surface area contributed by atoms with Crippen molar-refractivity contribution in [2.75, 3.05) is 0 Å². The molecule has 5 nitrogen and oxygen atoms in total. The van der Waals surface area contributed by atoms with E-state index in [-0.39, 0.29) is 0 Å². The first kappa shape index (κ1) is 13.4. The third-order valence-electron chi connectivity index (χ3n) is 3.42. The van der Waals surface area contributed by atoms with Crippen LogP contribution in [0.2, 0.25) is 0 Å². The lowest BCUT2D eigenvalue weighted by molar-refractivity contribution is 0.459. The molecule has 1 aromatic carbocycles. The van der Waals surface area contributed by atoms with E-state index in [1.807, 2.05) is 6.07 Å². The van der Waals surface area contributed by atoms with Gasteiger partial charge in [0.1, 0.15) is 5.76 Å². The van der Waals surface area contributed by atoms with Crippen LogP contribution < -0.4 is 10.0 Å². The Morgan fingerprint density at radius 1 is 1.25 bits per heavy atom. The molecule has 0 saturated heterocycles. The third kappa shape index (κ3) is 2.49. The number of fused-ring (bicyclic) bond motifs is 1. The molecule has 1 aliphatic rings. The van der Waals surface area contributed by atoms with E-state index in [1.54, 1.807) is 31.2 Å². The zero-order valence-electron chi connectivity index (χ0n) is 11.1. The Hall–Kier alpha value is -1.63. The molecule has 2 N–H and O–H groups in total. The fourth-order valence-electron chi connectivity index (χ4n) is 2.33. The molecule has 20 heavy (non-hydrogen) atoms. The largest absolute Gasteiger partial charge is 0.468 e. The molecule has 1 unspecified atom stereocenters. The first-order valence-electron chi connectivity index (χ1n) is 6.44. The summed E-state index contributed by atoms with van der Waals surface area (Å²) in [6, 6.07) is 8.32. The molecule has 0 fully saturated rings. The van der Waals surface area contributed by atoms with Crippen molar-refractivity contribution in [3.63, 3.8) is 0 Å². The fourth-order valence-corrected chi connectivity index (χ4v) is 3.60. The summed E-state index contributed by atoms with van der Waals surface area (Å²) < 4.78 is 32.6. The Labute approximate surface area is 118 Å². The van der Waals surface area contributed by atoms with E-state index >= 15 is 0 Å². The molecule has 1 aromatic heterocycles. The summed E-state index contributed by atoms with van der Waals surface area (Å²) in [6.07, 6.45) is 1.53. The SMILES string of the molecule is CC(NS(=O)(=O)c1ccc2c(c1)CNC2)c1ccco1. The maximum atomic E-state index is 12.4. The van der Waals surface area contributed by atoms with Crippen molar-refractivity contribution in [2.45, 2.75) is 31.0 Å². The summed E-state index contributed by atoms with van der Waals surface area (Å²) in [4.78, 5) is 0.290. The highest BCUT2D eigenvalue weighted by Gasteiger charge is 2.21. The molecule has 3 rings (SSSR count). The molecule has 0 saturated carbocycles. The molecule has 6 heteroatoms. The van der Waals surface area contributed by atoms with Crippen molar-refractivity contribution in [2.24, 2.45) is 0 Å². The van der Waals surface area contributed by atoms with E-state index in [1.165, 1.54) is 6.26 Å². The highest BCUT2D eigenvalue weighted by Crippen LogP contribution is 2.22. The molecule has 1 aliphatic heterocycles. The Morgan fingerprint density at radius 2 is 2.05 bits per heavy atom. The Kier molecular flexibility index (Phi) is 3.37. The highest BCUT2D eigenvalue weighted by molar-refractivity contribution is 7.89. The number of hydrogen-bond acceptors (Lipinski definition) is 4. The van der Waals surface area contributed by atoms with E-state index in [4.69, 9.17) is 4.42 Å². The van der Waals surface area contributed by atoms with Crippen molar-refractivity contribution < 1.29 is 12.8 Å². The highest BCUT2D eigenvalue weighted by atomic mass is 32.2. The van der Waals surface area contributed by atoms with Crippen LogP contribution in [-0.2, 0) is 23.1 Å². The predicted octanol–water partition coefficient (Wildman–Crippen LogP) is 1.92. The van der Waals surface area contributed by atoms with E-state index in [2.05, 4.69) is 10.0 Å². The molecule has 0 bridgehead atoms. The van der Waals surface area contributed by atoms with Gasteiger partial charge in [0.05, 0.1) is 17.2 Å². The van der Waals surface area contributed by atoms with Gasteiger partial charge in [0, 0.05) is 13.1 Å². The van der Waals surface area contributed by atoms with Crippen LogP contribution in [0.4, 0.5) is 0 Å². The van der Waals surface area contributed by atoms with Gasteiger partial charge in [-0.05, 0) is 42.3 Å². The summed E-state index contributed by atoms with van der Waals surface area (Å²) in [5.41, 5.74) is 2.20. The summed E-state index contributed by atoms with van der Waals surface area (Å²) in [7, 11) is -3.54. The number of hydrogen-bond donors (Lipinski definition) is 2. The average molecular weight is 292 g/mol. The lowest BCUT2D eigenvalue weighted by Gasteiger charge is -2.12. The lowest BCUT2D eigenvalue weighted by Crippen LogP contribution is -2.26. The van der Waals surface area contributed by atoms with Crippen LogP contribution in [0.15, 0.2) is 45.9 Å². The smallest absolute Gasteiger partial charge is 0.241 e. The Balaban J connectivity index is 1.85. The monoisotopic (exact) mass is 292 g/mol. The second-order valence-electron chi connectivity index (χ2n) is 4.89. The quantitative estimate of drug-likeness (QED) is 0.903. The molecular formula is C14H16N2O3S. The standard InChI is InChI=1S/C14H16N2O3S/c1-10(14-3-2-6-19-14)16-20(17,18)13-5-4-11-8-15-9-12(11)7-13/h2-7,10,15-16H,8-9H2,1H3. The summed E-state index contributed by atoms with van der Waals surface area (Å²) in [5.74, 6) is 0.594. The number of furan rings is 1. The normalized spacial score (nSPS) is 16.1. The van der Waals surface area contributed by atoms with Crippen LogP contribution in [0.25, 0.3) is 0 Å². The van der Waals surface area contributed by atoms with Gasteiger partial charge in [0.25, 0.3) is 0 Å². The van der Waals surface area contributed by atoms with Gasteiger partial charge in [-0.15, -0.1) is 0 Å². The summed E-state index contributed by atoms with van der Waals surface area (Å²) >= 11 is 0. The lowest BCUT2D eigenvalue weighted by atomic mass is 10.1. The first-order valence-corrected chi connectivity index (χ1v) is 7.93. The maximum Gasteiger partial charge on any atom is 0.241 e. The van der Waals surface area contributed by atoms with Crippen LogP contribution in [0.5, 0.6) is 0 Å². The van der Waals surface area contributed by atoms with Crippen LogP contribution in [-0.4, -0.2) is 8.42 Å². The van der Waals surface area contributed by atoms with E-state index in [9.17, 15) is 8.42 Å². The van der Waals surface area contributed by atoms with Crippen LogP contribution in [0.3, 0.4) is 0 Å². The van der Waals surface area contributed by atoms with Gasteiger partial charge < -0.3 is 9.73 Å². The Morgan fingerprint density at radius 3 is 2.80 bits per heavy atom. The minimum Gasteiger partial charge on any atom is -0.468 e. The van der Waals surface area contributed by atoms with Crippen molar-refractivity contribution in [3.05, 3.63) is 53.5 Å². The van der Waals surface area contributed by atoms with Crippen molar-refractivity contribution in [1.29, 1.82) is 0 Å². The Bertz CT molecular complexity index is 708. The van der Waals surface area contributed by atoms with Gasteiger partial charge in [-0.3, -0.25) is 0 Å². The minimum atomic E-state index is -3.54. The topological polar surface area (TPSA) is 71.3 Å². The van der Waals surface area contributed by atoms with Crippen LogP contribution >= 0.6 is 0 Å². The second kappa shape index (κ2) is 5.05. The summed E-state index contributed by atoms with van der Waals surface area (Å²) in [5, 5.41) is 3.20. The van der Waals surface area contributed by atoms with Crippen LogP contribution in [0.1, 0.15) is 29.9 Å². The molecule has 0 amide bonds. The van der Waals surface area contributed by atoms with E-state index in [0.29, 0.717) is 17.2 Å².